The maximum absolute atomic E-state index is 12.7. The molecule has 1 amide bonds. The first-order valence-electron chi connectivity index (χ1n) is 9.05. The fraction of sp³-hybridized carbons (Fsp3) is 0.136. The molecule has 0 bridgehead atoms. The first kappa shape index (κ1) is 20.9. The van der Waals surface area contributed by atoms with Gasteiger partial charge in [0.25, 0.3) is 15.9 Å². The Labute approximate surface area is 175 Å². The molecule has 0 aliphatic rings. The Morgan fingerprint density at radius 2 is 1.52 bits per heavy atom. The summed E-state index contributed by atoms with van der Waals surface area (Å²) in [4.78, 5) is 12.8. The van der Waals surface area contributed by atoms with E-state index in [1.165, 1.54) is 35.9 Å². The zero-order valence-corrected chi connectivity index (χ0v) is 17.6. The van der Waals surface area contributed by atoms with Gasteiger partial charge in [-0.25, -0.2) is 8.42 Å². The fourth-order valence-electron chi connectivity index (χ4n) is 2.73. The van der Waals surface area contributed by atoms with Gasteiger partial charge in [0.05, 0.1) is 15.5 Å². The van der Waals surface area contributed by atoms with Gasteiger partial charge in [-0.1, -0.05) is 55.8 Å². The lowest BCUT2D eigenvalue weighted by Gasteiger charge is -2.12. The van der Waals surface area contributed by atoms with Crippen molar-refractivity contribution >= 4 is 38.9 Å². The smallest absolute Gasteiger partial charge is 0.261 e. The molecule has 0 aliphatic heterocycles. The number of halogens is 1. The molecule has 2 N–H and O–H groups in total. The number of sulfonamides is 1. The van der Waals surface area contributed by atoms with E-state index in [2.05, 4.69) is 23.9 Å². The molecule has 0 heterocycles. The van der Waals surface area contributed by atoms with E-state index in [1.807, 2.05) is 24.3 Å². The molecule has 0 aliphatic carbocycles. The highest BCUT2D eigenvalue weighted by atomic mass is 35.5. The Morgan fingerprint density at radius 3 is 2.14 bits per heavy atom. The Hall–Kier alpha value is -2.83. The third kappa shape index (κ3) is 5.16. The van der Waals surface area contributed by atoms with Crippen molar-refractivity contribution in [1.29, 1.82) is 0 Å². The summed E-state index contributed by atoms with van der Waals surface area (Å²) < 4.78 is 27.5. The van der Waals surface area contributed by atoms with Gasteiger partial charge >= 0.3 is 0 Å². The summed E-state index contributed by atoms with van der Waals surface area (Å²) in [6.45, 7) is 4.19. The van der Waals surface area contributed by atoms with Crippen LogP contribution in [0.25, 0.3) is 0 Å². The topological polar surface area (TPSA) is 75.3 Å². The second-order valence-electron chi connectivity index (χ2n) is 6.84. The van der Waals surface area contributed by atoms with E-state index in [4.69, 9.17) is 11.6 Å². The quantitative estimate of drug-likeness (QED) is 0.543. The lowest BCUT2D eigenvalue weighted by Crippen LogP contribution is -2.15. The molecule has 3 rings (SSSR count). The predicted octanol–water partition coefficient (Wildman–Crippen LogP) is 5.52. The monoisotopic (exact) mass is 428 g/mol. The average Bonchev–Trinajstić information content (AvgIpc) is 2.70. The van der Waals surface area contributed by atoms with Gasteiger partial charge in [0, 0.05) is 11.4 Å². The molecule has 150 valence electrons. The van der Waals surface area contributed by atoms with E-state index in [1.54, 1.807) is 18.2 Å². The lowest BCUT2D eigenvalue weighted by atomic mass is 10.0. The van der Waals surface area contributed by atoms with Crippen LogP contribution in [0, 0.1) is 0 Å². The summed E-state index contributed by atoms with van der Waals surface area (Å²) in [5.41, 5.74) is 2.22. The third-order valence-corrected chi connectivity index (χ3v) is 6.08. The first-order chi connectivity index (χ1) is 13.8. The van der Waals surface area contributed by atoms with E-state index >= 15 is 0 Å². The van der Waals surface area contributed by atoms with E-state index in [-0.39, 0.29) is 21.2 Å². The van der Waals surface area contributed by atoms with Gasteiger partial charge in [0.15, 0.2) is 0 Å². The van der Waals surface area contributed by atoms with E-state index in [0.717, 1.165) is 0 Å². The minimum atomic E-state index is -3.77. The van der Waals surface area contributed by atoms with Crippen LogP contribution in [0.3, 0.4) is 0 Å². The molecular formula is C22H21ClN2O3S. The van der Waals surface area contributed by atoms with Crippen LogP contribution in [-0.2, 0) is 10.0 Å². The maximum Gasteiger partial charge on any atom is 0.261 e. The van der Waals surface area contributed by atoms with Crippen LogP contribution in [0.15, 0.2) is 77.7 Å². The number of carbonyl (C=O) groups is 1. The number of nitrogens with one attached hydrogen (secondary N) is 2. The SMILES string of the molecule is CC(C)c1ccc(NC(=O)c2cc(NS(=O)(=O)c3ccccc3)ccc2Cl)cc1. The van der Waals surface area contributed by atoms with Crippen LogP contribution in [0.5, 0.6) is 0 Å². The summed E-state index contributed by atoms with van der Waals surface area (Å²) in [5, 5.41) is 3.01. The molecule has 0 unspecified atom stereocenters. The molecule has 3 aromatic rings. The highest BCUT2D eigenvalue weighted by Gasteiger charge is 2.17. The number of amides is 1. The number of anilines is 2. The number of rotatable bonds is 6. The molecule has 7 heteroatoms. The van der Waals surface area contributed by atoms with Gasteiger partial charge < -0.3 is 5.32 Å². The molecule has 3 aromatic carbocycles. The number of carbonyl (C=O) groups excluding carboxylic acids is 1. The maximum atomic E-state index is 12.7. The Balaban J connectivity index is 1.80. The molecule has 0 atom stereocenters. The number of hydrogen-bond acceptors (Lipinski definition) is 3. The zero-order chi connectivity index (χ0) is 21.0. The fourth-order valence-corrected chi connectivity index (χ4v) is 4.00. The Morgan fingerprint density at radius 1 is 0.897 bits per heavy atom. The van der Waals surface area contributed by atoms with Gasteiger partial charge in [0.1, 0.15) is 0 Å². The van der Waals surface area contributed by atoms with Crippen molar-refractivity contribution < 1.29 is 13.2 Å². The van der Waals surface area contributed by atoms with Crippen molar-refractivity contribution in [2.45, 2.75) is 24.7 Å². The van der Waals surface area contributed by atoms with Crippen molar-refractivity contribution in [1.82, 2.24) is 0 Å². The van der Waals surface area contributed by atoms with Crippen LogP contribution in [0.4, 0.5) is 11.4 Å². The standard InChI is InChI=1S/C22H21ClN2O3S/c1-15(2)16-8-10-17(11-9-16)24-22(26)20-14-18(12-13-21(20)23)25-29(27,28)19-6-4-3-5-7-19/h3-15,25H,1-2H3,(H,24,26). The highest BCUT2D eigenvalue weighted by Crippen LogP contribution is 2.24. The van der Waals surface area contributed by atoms with Crippen LogP contribution >= 0.6 is 11.6 Å². The van der Waals surface area contributed by atoms with Gasteiger partial charge in [-0.05, 0) is 53.9 Å². The van der Waals surface area contributed by atoms with Gasteiger partial charge in [-0.15, -0.1) is 0 Å². The van der Waals surface area contributed by atoms with Crippen LogP contribution in [0.1, 0.15) is 35.7 Å². The highest BCUT2D eigenvalue weighted by molar-refractivity contribution is 7.92. The molecule has 0 saturated carbocycles. The molecule has 5 nitrogen and oxygen atoms in total. The van der Waals surface area contributed by atoms with Crippen LogP contribution in [0.2, 0.25) is 5.02 Å². The van der Waals surface area contributed by atoms with Crippen molar-refractivity contribution in [2.24, 2.45) is 0 Å². The molecule has 0 radical (unpaired) electrons. The largest absolute Gasteiger partial charge is 0.322 e. The predicted molar refractivity (Wildman–Crippen MR) is 117 cm³/mol. The van der Waals surface area contributed by atoms with Crippen molar-refractivity contribution in [3.63, 3.8) is 0 Å². The zero-order valence-electron chi connectivity index (χ0n) is 16.0. The molecule has 0 spiro atoms. The van der Waals surface area contributed by atoms with Gasteiger partial charge in [-0.3, -0.25) is 9.52 Å². The number of hydrogen-bond donors (Lipinski definition) is 2. The van der Waals surface area contributed by atoms with E-state index in [9.17, 15) is 13.2 Å². The van der Waals surface area contributed by atoms with Crippen molar-refractivity contribution in [3.8, 4) is 0 Å². The minimum Gasteiger partial charge on any atom is -0.322 e. The molecule has 29 heavy (non-hydrogen) atoms. The Kier molecular flexibility index (Phi) is 6.25. The number of benzene rings is 3. The average molecular weight is 429 g/mol. The minimum absolute atomic E-state index is 0.131. The van der Waals surface area contributed by atoms with E-state index in [0.29, 0.717) is 11.6 Å². The van der Waals surface area contributed by atoms with Crippen molar-refractivity contribution in [2.75, 3.05) is 10.0 Å². The second kappa shape index (κ2) is 8.68. The van der Waals surface area contributed by atoms with Gasteiger partial charge in [0.2, 0.25) is 0 Å². The van der Waals surface area contributed by atoms with Gasteiger partial charge in [-0.2, -0.15) is 0 Å². The second-order valence-corrected chi connectivity index (χ2v) is 8.93. The molecule has 0 fully saturated rings. The summed E-state index contributed by atoms with van der Waals surface area (Å²) >= 11 is 6.17. The molecule has 0 saturated heterocycles. The van der Waals surface area contributed by atoms with Crippen molar-refractivity contribution in [3.05, 3.63) is 88.9 Å². The third-order valence-electron chi connectivity index (χ3n) is 4.35. The van der Waals surface area contributed by atoms with Crippen LogP contribution < -0.4 is 10.0 Å². The van der Waals surface area contributed by atoms with Crippen LogP contribution in [-0.4, -0.2) is 14.3 Å². The summed E-state index contributed by atoms with van der Waals surface area (Å²) in [5.74, 6) is -0.0310. The first-order valence-corrected chi connectivity index (χ1v) is 10.9. The van der Waals surface area contributed by atoms with E-state index < -0.39 is 15.9 Å². The summed E-state index contributed by atoms with van der Waals surface area (Å²) in [6.07, 6.45) is 0. The Bertz CT molecular complexity index is 1110. The summed E-state index contributed by atoms with van der Waals surface area (Å²) in [7, 11) is -3.77. The molecular weight excluding hydrogens is 408 g/mol. The molecule has 0 aromatic heterocycles. The normalized spacial score (nSPS) is 11.3. The lowest BCUT2D eigenvalue weighted by molar-refractivity contribution is 0.102. The summed E-state index contributed by atoms with van der Waals surface area (Å²) in [6, 6.07) is 20.0.